The Labute approximate surface area is 199 Å². The molecule has 4 nitrogen and oxygen atoms in total. The molecule has 0 saturated heterocycles. The second-order valence-corrected chi connectivity index (χ2v) is 9.57. The maximum absolute atomic E-state index is 12.0. The molecule has 1 unspecified atom stereocenters. The van der Waals surface area contributed by atoms with Crippen LogP contribution < -0.4 is 0 Å². The molecule has 0 bridgehead atoms. The molecule has 0 aromatic carbocycles. The van der Waals surface area contributed by atoms with Gasteiger partial charge in [-0.15, -0.1) is 0 Å². The van der Waals surface area contributed by atoms with Gasteiger partial charge in [-0.2, -0.15) is 0 Å². The highest BCUT2D eigenvalue weighted by Crippen LogP contribution is 2.15. The Morgan fingerprint density at radius 2 is 0.906 bits per heavy atom. The number of hydrogen-bond acceptors (Lipinski definition) is 3. The average molecular weight is 455 g/mol. The molecule has 4 heteroatoms. The van der Waals surface area contributed by atoms with Crippen molar-refractivity contribution in [3.63, 3.8) is 0 Å². The topological polar surface area (TPSA) is 63.6 Å². The first-order chi connectivity index (χ1) is 15.6. The molecule has 0 radical (unpaired) electrons. The minimum Gasteiger partial charge on any atom is -0.479 e. The van der Waals surface area contributed by atoms with Crippen LogP contribution in [0.4, 0.5) is 0 Å². The second kappa shape index (κ2) is 24.6. The molecule has 0 saturated carbocycles. The van der Waals surface area contributed by atoms with Gasteiger partial charge in [0.05, 0.1) is 0 Å². The van der Waals surface area contributed by atoms with Crippen LogP contribution in [0.25, 0.3) is 0 Å². The van der Waals surface area contributed by atoms with E-state index in [2.05, 4.69) is 13.8 Å². The van der Waals surface area contributed by atoms with Crippen LogP contribution in [0.1, 0.15) is 162 Å². The van der Waals surface area contributed by atoms with Gasteiger partial charge in [-0.25, -0.2) is 4.79 Å². The monoisotopic (exact) mass is 454 g/mol. The van der Waals surface area contributed by atoms with Crippen LogP contribution in [0.5, 0.6) is 0 Å². The van der Waals surface area contributed by atoms with E-state index in [1.54, 1.807) is 0 Å². The van der Waals surface area contributed by atoms with Crippen LogP contribution in [0.15, 0.2) is 0 Å². The van der Waals surface area contributed by atoms with Crippen molar-refractivity contribution in [2.75, 3.05) is 0 Å². The van der Waals surface area contributed by atoms with E-state index >= 15 is 0 Å². The highest BCUT2D eigenvalue weighted by atomic mass is 16.6. The maximum atomic E-state index is 12.0. The van der Waals surface area contributed by atoms with Gasteiger partial charge in [0.2, 0.25) is 0 Å². The number of carboxylic acid groups (broad SMARTS) is 1. The molecule has 0 spiro atoms. The third-order valence-corrected chi connectivity index (χ3v) is 6.35. The van der Waals surface area contributed by atoms with E-state index < -0.39 is 12.1 Å². The van der Waals surface area contributed by atoms with E-state index in [4.69, 9.17) is 4.74 Å². The van der Waals surface area contributed by atoms with Gasteiger partial charge < -0.3 is 9.84 Å². The van der Waals surface area contributed by atoms with Gasteiger partial charge in [0, 0.05) is 6.42 Å². The fourth-order valence-corrected chi connectivity index (χ4v) is 4.20. The first-order valence-electron chi connectivity index (χ1n) is 14.0. The van der Waals surface area contributed by atoms with Crippen LogP contribution in [0.3, 0.4) is 0 Å². The number of aliphatic carboxylic acids is 1. The van der Waals surface area contributed by atoms with Crippen molar-refractivity contribution in [3.05, 3.63) is 0 Å². The fraction of sp³-hybridized carbons (Fsp3) is 0.929. The Morgan fingerprint density at radius 1 is 0.562 bits per heavy atom. The smallest absolute Gasteiger partial charge is 0.345 e. The molecule has 0 heterocycles. The first-order valence-corrected chi connectivity index (χ1v) is 14.0. The molecule has 0 rings (SSSR count). The lowest BCUT2D eigenvalue weighted by molar-refractivity contribution is -0.164. The highest BCUT2D eigenvalue weighted by Gasteiger charge is 2.21. The number of rotatable bonds is 25. The van der Waals surface area contributed by atoms with Gasteiger partial charge in [-0.3, -0.25) is 4.79 Å². The highest BCUT2D eigenvalue weighted by molar-refractivity contribution is 5.77. The Bertz CT molecular complexity index is 422. The van der Waals surface area contributed by atoms with Crippen LogP contribution >= 0.6 is 0 Å². The van der Waals surface area contributed by atoms with E-state index in [1.165, 1.54) is 96.3 Å². The number of esters is 1. The molecule has 32 heavy (non-hydrogen) atoms. The van der Waals surface area contributed by atoms with Gasteiger partial charge in [-0.05, 0) is 19.3 Å². The number of carboxylic acids is 1. The quantitative estimate of drug-likeness (QED) is 0.110. The normalized spacial score (nSPS) is 12.1. The van der Waals surface area contributed by atoms with Crippen molar-refractivity contribution in [2.45, 2.75) is 168 Å². The van der Waals surface area contributed by atoms with Crippen molar-refractivity contribution >= 4 is 11.9 Å². The lowest BCUT2D eigenvalue weighted by Crippen LogP contribution is -2.27. The molecule has 0 aromatic rings. The Kier molecular flexibility index (Phi) is 23.8. The molecule has 0 aromatic heterocycles. The predicted molar refractivity (Wildman–Crippen MR) is 135 cm³/mol. The summed E-state index contributed by atoms with van der Waals surface area (Å²) in [5.74, 6) is -1.35. The predicted octanol–water partition coefficient (Wildman–Crippen LogP) is 8.99. The van der Waals surface area contributed by atoms with Crippen molar-refractivity contribution in [1.29, 1.82) is 0 Å². The van der Waals surface area contributed by atoms with Crippen molar-refractivity contribution in [2.24, 2.45) is 0 Å². The molecule has 0 amide bonds. The molecule has 1 atom stereocenters. The molecule has 190 valence electrons. The zero-order valence-corrected chi connectivity index (χ0v) is 21.5. The fourth-order valence-electron chi connectivity index (χ4n) is 4.20. The van der Waals surface area contributed by atoms with Crippen LogP contribution in [-0.2, 0) is 14.3 Å². The van der Waals surface area contributed by atoms with Gasteiger partial charge in [0.1, 0.15) is 0 Å². The molecule has 0 aliphatic heterocycles. The van der Waals surface area contributed by atoms with Gasteiger partial charge in [0.15, 0.2) is 6.10 Å². The average Bonchev–Trinajstić information content (AvgIpc) is 2.77. The summed E-state index contributed by atoms with van der Waals surface area (Å²) in [6, 6.07) is 0. The molecule has 1 N–H and O–H groups in total. The minimum absolute atomic E-state index is 0.345. The van der Waals surface area contributed by atoms with E-state index in [-0.39, 0.29) is 5.97 Å². The number of ether oxygens (including phenoxy) is 1. The number of unbranched alkanes of at least 4 members (excludes halogenated alkanes) is 19. The zero-order valence-electron chi connectivity index (χ0n) is 21.5. The van der Waals surface area contributed by atoms with E-state index in [1.807, 2.05) is 0 Å². The largest absolute Gasteiger partial charge is 0.479 e. The van der Waals surface area contributed by atoms with Crippen molar-refractivity contribution < 1.29 is 19.4 Å². The SMILES string of the molecule is CCCCCCCCCCCCCCC(OC(=O)CCCCCCCCCCC)C(=O)O. The van der Waals surface area contributed by atoms with Crippen LogP contribution in [0.2, 0.25) is 0 Å². The number of carbonyl (C=O) groups excluding carboxylic acids is 1. The van der Waals surface area contributed by atoms with Crippen molar-refractivity contribution in [1.82, 2.24) is 0 Å². The van der Waals surface area contributed by atoms with Crippen LogP contribution in [-0.4, -0.2) is 23.1 Å². The molecule has 0 aliphatic rings. The summed E-state index contributed by atoms with van der Waals surface area (Å²) in [4.78, 5) is 23.4. The summed E-state index contributed by atoms with van der Waals surface area (Å²) in [7, 11) is 0. The third kappa shape index (κ3) is 22.1. The number of hydrogen-bond donors (Lipinski definition) is 1. The zero-order chi connectivity index (χ0) is 23.7. The minimum atomic E-state index is -1.01. The van der Waals surface area contributed by atoms with Crippen LogP contribution in [0, 0.1) is 0 Å². The third-order valence-electron chi connectivity index (χ3n) is 6.35. The Hall–Kier alpha value is -1.06. The van der Waals surface area contributed by atoms with Gasteiger partial charge in [-0.1, -0.05) is 136 Å². The summed E-state index contributed by atoms with van der Waals surface area (Å²) in [5.41, 5.74) is 0. The van der Waals surface area contributed by atoms with E-state index in [0.29, 0.717) is 12.8 Å². The van der Waals surface area contributed by atoms with Crippen molar-refractivity contribution in [3.8, 4) is 0 Å². The lowest BCUT2D eigenvalue weighted by atomic mass is 10.0. The first kappa shape index (κ1) is 30.9. The molecular weight excluding hydrogens is 400 g/mol. The summed E-state index contributed by atoms with van der Waals surface area (Å²) < 4.78 is 5.25. The lowest BCUT2D eigenvalue weighted by Gasteiger charge is -2.13. The Morgan fingerprint density at radius 3 is 1.28 bits per heavy atom. The second-order valence-electron chi connectivity index (χ2n) is 9.57. The van der Waals surface area contributed by atoms with Gasteiger partial charge in [0.25, 0.3) is 0 Å². The molecule has 0 fully saturated rings. The van der Waals surface area contributed by atoms with E-state index in [9.17, 15) is 14.7 Å². The molecular formula is C28H54O4. The molecule has 0 aliphatic carbocycles. The summed E-state index contributed by atoms with van der Waals surface area (Å²) in [5, 5.41) is 9.35. The van der Waals surface area contributed by atoms with Gasteiger partial charge >= 0.3 is 11.9 Å². The number of carbonyl (C=O) groups is 2. The standard InChI is InChI=1S/C28H54O4/c1-3-5-7-9-11-13-14-15-17-18-20-22-24-26(28(30)31)32-27(29)25-23-21-19-16-12-10-8-6-4-2/h26H,3-25H2,1-2H3,(H,30,31). The maximum Gasteiger partial charge on any atom is 0.345 e. The summed E-state index contributed by atoms with van der Waals surface area (Å²) in [6.07, 6.45) is 25.5. The summed E-state index contributed by atoms with van der Waals surface area (Å²) >= 11 is 0. The summed E-state index contributed by atoms with van der Waals surface area (Å²) in [6.45, 7) is 4.48. The van der Waals surface area contributed by atoms with E-state index in [0.717, 1.165) is 38.5 Å². The Balaban J connectivity index is 3.60.